The van der Waals surface area contributed by atoms with Gasteiger partial charge in [0.2, 0.25) is 11.8 Å². The quantitative estimate of drug-likeness (QED) is 0.658. The van der Waals surface area contributed by atoms with Crippen molar-refractivity contribution < 1.29 is 19.1 Å². The third-order valence-corrected chi connectivity index (χ3v) is 7.31. The molecule has 8 nitrogen and oxygen atoms in total. The minimum Gasteiger partial charge on any atom is -0.490 e. The van der Waals surface area contributed by atoms with Crippen LogP contribution in [0.4, 0.5) is 0 Å². The lowest BCUT2D eigenvalue weighted by Gasteiger charge is -2.29. The lowest BCUT2D eigenvalue weighted by molar-refractivity contribution is -0.136. The van der Waals surface area contributed by atoms with Gasteiger partial charge in [0.05, 0.1) is 6.10 Å². The fourth-order valence-corrected chi connectivity index (χ4v) is 5.16. The zero-order chi connectivity index (χ0) is 24.2. The van der Waals surface area contributed by atoms with Gasteiger partial charge in [-0.15, -0.1) is 0 Å². The zero-order valence-electron chi connectivity index (χ0n) is 19.9. The SMILES string of the molecule is O=C1CCC(N2Cc3cc(OC4CCCCC4)ccc3C2=O)C(=O)N1.c1cc(C2CNC2)ccn1. The summed E-state index contributed by atoms with van der Waals surface area (Å²) in [7, 11) is 0. The maximum atomic E-state index is 12.6. The Morgan fingerprint density at radius 3 is 2.40 bits per heavy atom. The highest BCUT2D eigenvalue weighted by Gasteiger charge is 2.39. The van der Waals surface area contributed by atoms with E-state index in [1.165, 1.54) is 24.8 Å². The molecule has 3 fully saturated rings. The van der Waals surface area contributed by atoms with Crippen LogP contribution in [-0.2, 0) is 16.1 Å². The Balaban J connectivity index is 0.000000211. The topological polar surface area (TPSA) is 101 Å². The summed E-state index contributed by atoms with van der Waals surface area (Å²) in [5, 5.41) is 5.56. The second kappa shape index (κ2) is 10.6. The molecular weight excluding hydrogens is 444 g/mol. The molecule has 6 rings (SSSR count). The Morgan fingerprint density at radius 1 is 0.943 bits per heavy atom. The highest BCUT2D eigenvalue weighted by molar-refractivity contribution is 6.05. The van der Waals surface area contributed by atoms with Crippen LogP contribution in [-0.4, -0.2) is 52.8 Å². The molecule has 4 aliphatic rings. The molecule has 1 atom stereocenters. The van der Waals surface area contributed by atoms with Crippen molar-refractivity contribution in [2.75, 3.05) is 13.1 Å². The van der Waals surface area contributed by atoms with E-state index in [9.17, 15) is 14.4 Å². The minimum absolute atomic E-state index is 0.145. The first-order valence-electron chi connectivity index (χ1n) is 12.6. The Hall–Kier alpha value is -3.26. The summed E-state index contributed by atoms with van der Waals surface area (Å²) in [5.74, 6) is 0.741. The first kappa shape index (κ1) is 23.5. The Morgan fingerprint density at radius 2 is 1.71 bits per heavy atom. The Labute approximate surface area is 205 Å². The van der Waals surface area contributed by atoms with Crippen LogP contribution in [0.15, 0.2) is 42.7 Å². The van der Waals surface area contributed by atoms with Crippen LogP contribution in [0, 0.1) is 0 Å². The number of benzene rings is 1. The van der Waals surface area contributed by atoms with Crippen LogP contribution < -0.4 is 15.4 Å². The van der Waals surface area contributed by atoms with E-state index in [1.807, 2.05) is 24.5 Å². The van der Waals surface area contributed by atoms with Gasteiger partial charge in [0.15, 0.2) is 0 Å². The average Bonchev–Trinajstić information content (AvgIpc) is 3.15. The van der Waals surface area contributed by atoms with Crippen molar-refractivity contribution in [3.8, 4) is 5.75 Å². The smallest absolute Gasteiger partial charge is 0.255 e. The fraction of sp³-hybridized carbons (Fsp3) is 0.481. The molecule has 1 aromatic heterocycles. The predicted octanol–water partition coefficient (Wildman–Crippen LogP) is 2.93. The van der Waals surface area contributed by atoms with Gasteiger partial charge in [-0.2, -0.15) is 0 Å². The van der Waals surface area contributed by atoms with Crippen molar-refractivity contribution >= 4 is 17.7 Å². The van der Waals surface area contributed by atoms with E-state index in [-0.39, 0.29) is 30.2 Å². The normalized spacial score (nSPS) is 22.6. The van der Waals surface area contributed by atoms with E-state index in [0.29, 0.717) is 18.5 Å². The monoisotopic (exact) mass is 476 g/mol. The fourth-order valence-electron chi connectivity index (χ4n) is 5.16. The minimum atomic E-state index is -0.569. The molecule has 0 radical (unpaired) electrons. The third kappa shape index (κ3) is 5.37. The number of fused-ring (bicyclic) bond motifs is 1. The average molecular weight is 477 g/mol. The second-order valence-corrected chi connectivity index (χ2v) is 9.73. The molecule has 3 aliphatic heterocycles. The summed E-state index contributed by atoms with van der Waals surface area (Å²) >= 11 is 0. The summed E-state index contributed by atoms with van der Waals surface area (Å²) in [5.41, 5.74) is 2.93. The standard InChI is InChI=1S/C19H22N2O4.C8H10N2/c22-17-9-8-16(18(23)20-17)21-11-12-10-14(6-7-15(12)19(21)24)25-13-4-2-1-3-5-13;1-3-9-4-2-7(1)8-5-10-6-8/h6-7,10,13,16H,1-5,8-9,11H2,(H,20,22,23);1-4,8,10H,5-6H2. The molecule has 1 aromatic carbocycles. The predicted molar refractivity (Wildman–Crippen MR) is 130 cm³/mol. The van der Waals surface area contributed by atoms with E-state index >= 15 is 0 Å². The highest BCUT2D eigenvalue weighted by Crippen LogP contribution is 2.31. The van der Waals surface area contributed by atoms with Crippen molar-refractivity contribution in [3.05, 3.63) is 59.4 Å². The van der Waals surface area contributed by atoms with Crippen molar-refractivity contribution in [3.63, 3.8) is 0 Å². The lowest BCUT2D eigenvalue weighted by atomic mass is 9.95. The first-order valence-corrected chi connectivity index (χ1v) is 12.6. The van der Waals surface area contributed by atoms with E-state index in [2.05, 4.69) is 27.8 Å². The summed E-state index contributed by atoms with van der Waals surface area (Å²) in [6.45, 7) is 2.65. The number of imide groups is 1. The van der Waals surface area contributed by atoms with Gasteiger partial charge in [0.25, 0.3) is 5.91 Å². The Kier molecular flexibility index (Phi) is 7.08. The maximum absolute atomic E-state index is 12.6. The molecular formula is C27H32N4O4. The number of pyridine rings is 1. The molecule has 4 heterocycles. The number of aromatic nitrogens is 1. The molecule has 0 bridgehead atoms. The molecule has 184 valence electrons. The van der Waals surface area contributed by atoms with Crippen molar-refractivity contribution in [2.45, 2.75) is 69.6 Å². The molecule has 1 saturated carbocycles. The molecule has 1 aliphatic carbocycles. The molecule has 2 N–H and O–H groups in total. The van der Waals surface area contributed by atoms with Crippen molar-refractivity contribution in [2.24, 2.45) is 0 Å². The molecule has 1 unspecified atom stereocenters. The van der Waals surface area contributed by atoms with Crippen LogP contribution in [0.1, 0.15) is 72.3 Å². The second-order valence-electron chi connectivity index (χ2n) is 9.73. The van der Waals surface area contributed by atoms with Crippen molar-refractivity contribution in [1.29, 1.82) is 0 Å². The third-order valence-electron chi connectivity index (χ3n) is 7.31. The van der Waals surface area contributed by atoms with E-state index in [0.717, 1.165) is 43.2 Å². The maximum Gasteiger partial charge on any atom is 0.255 e. The number of nitrogens with zero attached hydrogens (tertiary/aromatic N) is 2. The van der Waals surface area contributed by atoms with Crippen LogP contribution >= 0.6 is 0 Å². The number of nitrogens with one attached hydrogen (secondary N) is 2. The van der Waals surface area contributed by atoms with Crippen LogP contribution in [0.5, 0.6) is 5.75 Å². The number of carbonyl (C=O) groups is 3. The van der Waals surface area contributed by atoms with Crippen LogP contribution in [0.25, 0.3) is 0 Å². The largest absolute Gasteiger partial charge is 0.490 e. The van der Waals surface area contributed by atoms with Gasteiger partial charge >= 0.3 is 0 Å². The molecule has 8 heteroatoms. The highest BCUT2D eigenvalue weighted by atomic mass is 16.5. The van der Waals surface area contributed by atoms with Crippen molar-refractivity contribution in [1.82, 2.24) is 20.5 Å². The summed E-state index contributed by atoms with van der Waals surface area (Å²) in [4.78, 5) is 41.6. The zero-order valence-corrected chi connectivity index (χ0v) is 19.9. The van der Waals surface area contributed by atoms with E-state index in [4.69, 9.17) is 4.74 Å². The van der Waals surface area contributed by atoms with E-state index < -0.39 is 6.04 Å². The van der Waals surface area contributed by atoms with Gasteiger partial charge < -0.3 is 15.0 Å². The number of rotatable bonds is 4. The summed E-state index contributed by atoms with van der Waals surface area (Å²) in [6.07, 6.45) is 10.5. The number of amides is 3. The molecule has 2 saturated heterocycles. The van der Waals surface area contributed by atoms with Crippen LogP contribution in [0.3, 0.4) is 0 Å². The van der Waals surface area contributed by atoms with Gasteiger partial charge in [0, 0.05) is 49.9 Å². The summed E-state index contributed by atoms with van der Waals surface area (Å²) < 4.78 is 6.08. The number of ether oxygens (including phenoxy) is 1. The summed E-state index contributed by atoms with van der Waals surface area (Å²) in [6, 6.07) is 9.17. The first-order chi connectivity index (χ1) is 17.1. The number of carbonyl (C=O) groups excluding carboxylic acids is 3. The van der Waals surface area contributed by atoms with Gasteiger partial charge in [-0.3, -0.25) is 24.7 Å². The van der Waals surface area contributed by atoms with E-state index in [1.54, 1.807) is 11.0 Å². The van der Waals surface area contributed by atoms with Gasteiger partial charge in [0.1, 0.15) is 11.8 Å². The number of piperidine rings is 1. The Bertz CT molecular complexity index is 1080. The van der Waals surface area contributed by atoms with Gasteiger partial charge in [-0.05, 0) is 73.6 Å². The number of hydrogen-bond donors (Lipinski definition) is 2. The lowest BCUT2D eigenvalue weighted by Crippen LogP contribution is -2.52. The molecule has 0 spiro atoms. The molecule has 2 aromatic rings. The van der Waals surface area contributed by atoms with Gasteiger partial charge in [-0.25, -0.2) is 0 Å². The van der Waals surface area contributed by atoms with Crippen LogP contribution in [0.2, 0.25) is 0 Å². The van der Waals surface area contributed by atoms with Gasteiger partial charge in [-0.1, -0.05) is 6.42 Å². The molecule has 3 amide bonds. The molecule has 35 heavy (non-hydrogen) atoms. The number of hydrogen-bond acceptors (Lipinski definition) is 6.